The minimum absolute atomic E-state index is 0.484. The molecule has 0 aromatic carbocycles. The summed E-state index contributed by atoms with van der Waals surface area (Å²) in [6.45, 7) is 8.69. The lowest BCUT2D eigenvalue weighted by molar-refractivity contribution is 0.190. The second-order valence-corrected chi connectivity index (χ2v) is 4.51. The van der Waals surface area contributed by atoms with Crippen molar-refractivity contribution in [2.24, 2.45) is 0 Å². The number of nitrogen functional groups attached to an aromatic ring is 1. The fraction of sp³-hybridized carbons (Fsp3) is 0.692. The zero-order valence-corrected chi connectivity index (χ0v) is 11.2. The predicted molar refractivity (Wildman–Crippen MR) is 71.5 cm³/mol. The minimum Gasteiger partial charge on any atom is -0.382 e. The van der Waals surface area contributed by atoms with E-state index in [4.69, 9.17) is 5.73 Å². The fourth-order valence-corrected chi connectivity index (χ4v) is 1.73. The molecule has 1 rings (SSSR count). The molecule has 4 heteroatoms. The first kappa shape index (κ1) is 13.9. The molecule has 1 aromatic heterocycles. The van der Waals surface area contributed by atoms with Crippen LogP contribution >= 0.6 is 0 Å². The Morgan fingerprint density at radius 3 is 2.59 bits per heavy atom. The second-order valence-electron chi connectivity index (χ2n) is 4.51. The van der Waals surface area contributed by atoms with Crippen LogP contribution in [-0.4, -0.2) is 27.5 Å². The van der Waals surface area contributed by atoms with Gasteiger partial charge in [-0.3, -0.25) is 9.88 Å². The van der Waals surface area contributed by atoms with Gasteiger partial charge in [0.1, 0.15) is 5.82 Å². The van der Waals surface area contributed by atoms with Crippen LogP contribution in [0.25, 0.3) is 0 Å². The molecule has 0 fully saturated rings. The van der Waals surface area contributed by atoms with Gasteiger partial charge in [-0.2, -0.15) is 0 Å². The lowest BCUT2D eigenvalue weighted by atomic mass is 10.2. The molecule has 1 aromatic rings. The smallest absolute Gasteiger partial charge is 0.141 e. The maximum atomic E-state index is 5.54. The van der Waals surface area contributed by atoms with Gasteiger partial charge in [0.25, 0.3) is 0 Å². The number of nitrogens with two attached hydrogens (primary N) is 1. The molecule has 0 saturated carbocycles. The topological polar surface area (TPSA) is 55.0 Å². The zero-order valence-electron chi connectivity index (χ0n) is 11.2. The van der Waals surface area contributed by atoms with Crippen molar-refractivity contribution in [3.05, 3.63) is 18.1 Å². The summed E-state index contributed by atoms with van der Waals surface area (Å²) in [6.07, 6.45) is 7.01. The summed E-state index contributed by atoms with van der Waals surface area (Å²) in [4.78, 5) is 10.9. The van der Waals surface area contributed by atoms with Gasteiger partial charge < -0.3 is 5.73 Å². The first-order valence-electron chi connectivity index (χ1n) is 6.47. The minimum atomic E-state index is 0.484. The number of hydrogen-bond donors (Lipinski definition) is 1. The van der Waals surface area contributed by atoms with Crippen LogP contribution in [0.3, 0.4) is 0 Å². The van der Waals surface area contributed by atoms with E-state index in [0.29, 0.717) is 11.9 Å². The highest BCUT2D eigenvalue weighted by Crippen LogP contribution is 2.10. The van der Waals surface area contributed by atoms with Crippen molar-refractivity contribution in [2.75, 3.05) is 12.3 Å². The Hall–Kier alpha value is -1.16. The second kappa shape index (κ2) is 7.22. The summed E-state index contributed by atoms with van der Waals surface area (Å²) < 4.78 is 0. The van der Waals surface area contributed by atoms with Crippen molar-refractivity contribution in [1.82, 2.24) is 14.9 Å². The monoisotopic (exact) mass is 236 g/mol. The number of anilines is 1. The van der Waals surface area contributed by atoms with Crippen molar-refractivity contribution >= 4 is 5.82 Å². The summed E-state index contributed by atoms with van der Waals surface area (Å²) in [5.74, 6) is 0.484. The maximum absolute atomic E-state index is 5.54. The Balaban J connectivity index is 2.61. The van der Waals surface area contributed by atoms with Crippen LogP contribution in [0.4, 0.5) is 5.82 Å². The van der Waals surface area contributed by atoms with Gasteiger partial charge in [0.05, 0.1) is 18.1 Å². The molecule has 0 aliphatic rings. The summed E-state index contributed by atoms with van der Waals surface area (Å²) >= 11 is 0. The molecule has 1 heterocycles. The van der Waals surface area contributed by atoms with E-state index in [1.807, 2.05) is 0 Å². The van der Waals surface area contributed by atoms with Gasteiger partial charge in [-0.25, -0.2) is 4.98 Å². The number of aromatic nitrogens is 2. The predicted octanol–water partition coefficient (Wildman–Crippen LogP) is 2.46. The molecule has 17 heavy (non-hydrogen) atoms. The van der Waals surface area contributed by atoms with Crippen molar-refractivity contribution < 1.29 is 0 Å². The molecule has 1 unspecified atom stereocenters. The molecule has 4 nitrogen and oxygen atoms in total. The Morgan fingerprint density at radius 1 is 1.29 bits per heavy atom. The Bertz CT molecular complexity index is 310. The molecule has 0 saturated heterocycles. The average Bonchev–Trinajstić information content (AvgIpc) is 2.36. The lowest BCUT2D eigenvalue weighted by Crippen LogP contribution is -2.33. The van der Waals surface area contributed by atoms with Crippen LogP contribution in [0.2, 0.25) is 0 Å². The normalized spacial score (nSPS) is 12.9. The quantitative estimate of drug-likeness (QED) is 0.790. The van der Waals surface area contributed by atoms with Gasteiger partial charge in [-0.05, 0) is 26.3 Å². The van der Waals surface area contributed by atoms with Crippen molar-refractivity contribution in [1.29, 1.82) is 0 Å². The van der Waals surface area contributed by atoms with Gasteiger partial charge in [0, 0.05) is 12.6 Å². The number of nitrogens with zero attached hydrogens (tertiary/aromatic N) is 3. The van der Waals surface area contributed by atoms with Crippen molar-refractivity contribution in [2.45, 2.75) is 52.6 Å². The molecule has 0 aliphatic heterocycles. The molecule has 96 valence electrons. The van der Waals surface area contributed by atoms with Gasteiger partial charge >= 0.3 is 0 Å². The number of unbranched alkanes of at least 4 members (excludes halogenated alkanes) is 1. The van der Waals surface area contributed by atoms with Crippen molar-refractivity contribution in [3.63, 3.8) is 0 Å². The standard InChI is InChI=1S/C13H24N4/c1-4-6-7-17(11(3)5-2)10-12-8-16-13(14)9-15-12/h8-9,11H,4-7,10H2,1-3H3,(H2,14,16). The third kappa shape index (κ3) is 4.69. The molecular formula is C13H24N4. The first-order chi connectivity index (χ1) is 8.17. The van der Waals surface area contributed by atoms with E-state index in [2.05, 4.69) is 35.6 Å². The SMILES string of the molecule is CCCCN(Cc1cnc(N)cn1)C(C)CC. The molecule has 0 radical (unpaired) electrons. The van der Waals surface area contributed by atoms with Crippen LogP contribution < -0.4 is 5.73 Å². The zero-order chi connectivity index (χ0) is 12.7. The van der Waals surface area contributed by atoms with Gasteiger partial charge in [-0.15, -0.1) is 0 Å². The average molecular weight is 236 g/mol. The summed E-state index contributed by atoms with van der Waals surface area (Å²) in [7, 11) is 0. The maximum Gasteiger partial charge on any atom is 0.141 e. The van der Waals surface area contributed by atoms with E-state index in [9.17, 15) is 0 Å². The Morgan fingerprint density at radius 2 is 2.06 bits per heavy atom. The summed E-state index contributed by atoms with van der Waals surface area (Å²) in [6, 6.07) is 0.584. The van der Waals surface area contributed by atoms with E-state index in [-0.39, 0.29) is 0 Å². The van der Waals surface area contributed by atoms with Crippen LogP contribution in [0.15, 0.2) is 12.4 Å². The largest absolute Gasteiger partial charge is 0.382 e. The highest BCUT2D eigenvalue weighted by atomic mass is 15.2. The van der Waals surface area contributed by atoms with E-state index >= 15 is 0 Å². The highest BCUT2D eigenvalue weighted by Gasteiger charge is 2.12. The summed E-state index contributed by atoms with van der Waals surface area (Å²) in [5.41, 5.74) is 6.53. The number of rotatable bonds is 7. The van der Waals surface area contributed by atoms with Crippen molar-refractivity contribution in [3.8, 4) is 0 Å². The van der Waals surface area contributed by atoms with Crippen LogP contribution in [-0.2, 0) is 6.54 Å². The Labute approximate surface area is 104 Å². The van der Waals surface area contributed by atoms with Gasteiger partial charge in [0.15, 0.2) is 0 Å². The van der Waals surface area contributed by atoms with Crippen LogP contribution in [0.1, 0.15) is 45.7 Å². The van der Waals surface area contributed by atoms with Crippen LogP contribution in [0, 0.1) is 0 Å². The highest BCUT2D eigenvalue weighted by molar-refractivity contribution is 5.22. The molecule has 0 bridgehead atoms. The molecule has 0 spiro atoms. The fourth-order valence-electron chi connectivity index (χ4n) is 1.73. The van der Waals surface area contributed by atoms with Gasteiger partial charge in [0.2, 0.25) is 0 Å². The van der Waals surface area contributed by atoms with E-state index < -0.39 is 0 Å². The van der Waals surface area contributed by atoms with Gasteiger partial charge in [-0.1, -0.05) is 20.3 Å². The van der Waals surface area contributed by atoms with E-state index in [1.54, 1.807) is 12.4 Å². The third-order valence-electron chi connectivity index (χ3n) is 3.10. The van der Waals surface area contributed by atoms with E-state index in [0.717, 1.165) is 25.2 Å². The molecule has 0 amide bonds. The third-order valence-corrected chi connectivity index (χ3v) is 3.10. The lowest BCUT2D eigenvalue weighted by Gasteiger charge is -2.27. The Kier molecular flexibility index (Phi) is 5.91. The van der Waals surface area contributed by atoms with E-state index in [1.165, 1.54) is 12.8 Å². The number of hydrogen-bond acceptors (Lipinski definition) is 4. The molecule has 0 aliphatic carbocycles. The van der Waals surface area contributed by atoms with Crippen LogP contribution in [0.5, 0.6) is 0 Å². The molecule has 2 N–H and O–H groups in total. The first-order valence-corrected chi connectivity index (χ1v) is 6.47. The molecule has 1 atom stereocenters. The molecular weight excluding hydrogens is 212 g/mol. The summed E-state index contributed by atoms with van der Waals surface area (Å²) in [5, 5.41) is 0.